The highest BCUT2D eigenvalue weighted by Gasteiger charge is 2.27. The highest BCUT2D eigenvalue weighted by Crippen LogP contribution is 2.25. The Morgan fingerprint density at radius 2 is 2.19 bits per heavy atom. The maximum Gasteiger partial charge on any atom is 0.219 e. The van der Waals surface area contributed by atoms with Gasteiger partial charge < -0.3 is 20.5 Å². The molecular weight excluding hydrogens is 472 g/mol. The van der Waals surface area contributed by atoms with Crippen molar-refractivity contribution in [3.8, 4) is 18.4 Å². The molecule has 37 heavy (non-hydrogen) atoms. The number of halogens is 2. The van der Waals surface area contributed by atoms with E-state index < -0.39 is 17.8 Å². The van der Waals surface area contributed by atoms with Crippen LogP contribution in [-0.4, -0.2) is 43.1 Å². The molecule has 0 aromatic carbocycles. The lowest BCUT2D eigenvalue weighted by molar-refractivity contribution is 0.175. The minimum Gasteiger partial charge on any atom is -0.485 e. The molecule has 0 aromatic heterocycles. The first-order valence-corrected chi connectivity index (χ1v) is 13.2. The predicted molar refractivity (Wildman–Crippen MR) is 144 cm³/mol. The van der Waals surface area contributed by atoms with Crippen LogP contribution < -0.4 is 10.6 Å². The van der Waals surface area contributed by atoms with Crippen molar-refractivity contribution in [2.45, 2.75) is 77.6 Å². The third kappa shape index (κ3) is 9.84. The monoisotopic (exact) mass is 513 g/mol. The second-order valence-corrected chi connectivity index (χ2v) is 9.98. The molecule has 0 saturated heterocycles. The molecule has 0 bridgehead atoms. The summed E-state index contributed by atoms with van der Waals surface area (Å²) >= 11 is 0. The van der Waals surface area contributed by atoms with Crippen molar-refractivity contribution in [3.63, 3.8) is 0 Å². The highest BCUT2D eigenvalue weighted by atomic mass is 19.1. The molecule has 2 rings (SSSR count). The number of rotatable bonds is 11. The van der Waals surface area contributed by atoms with E-state index in [-0.39, 0.29) is 43.6 Å². The molecular formula is C30H41F2N3O2. The molecule has 3 N–H and O–H groups in total. The van der Waals surface area contributed by atoms with E-state index in [2.05, 4.69) is 29.7 Å². The molecule has 5 atom stereocenters. The third-order valence-corrected chi connectivity index (χ3v) is 6.74. The molecule has 0 aromatic rings. The van der Waals surface area contributed by atoms with Crippen molar-refractivity contribution in [2.75, 3.05) is 19.8 Å². The number of nitrogens with one attached hydrogen (secondary N) is 2. The number of hydrogen-bond acceptors (Lipinski definition) is 5. The number of nitrogens with zero attached hydrogens (tertiary/aromatic N) is 1. The molecule has 2 aliphatic rings. The molecule has 202 valence electrons. The van der Waals surface area contributed by atoms with Gasteiger partial charge in [-0.05, 0) is 44.4 Å². The average Bonchev–Trinajstić information content (AvgIpc) is 3.09. The summed E-state index contributed by atoms with van der Waals surface area (Å²) < 4.78 is 35.4. The molecule has 7 heteroatoms. The van der Waals surface area contributed by atoms with Crippen molar-refractivity contribution in [1.82, 2.24) is 10.6 Å². The Balaban J connectivity index is 2.32. The largest absolute Gasteiger partial charge is 0.485 e. The first-order chi connectivity index (χ1) is 17.8. The lowest BCUT2D eigenvalue weighted by atomic mass is 9.96. The van der Waals surface area contributed by atoms with Crippen LogP contribution in [0.2, 0.25) is 0 Å². The van der Waals surface area contributed by atoms with Gasteiger partial charge in [0.1, 0.15) is 12.4 Å². The zero-order valence-electron chi connectivity index (χ0n) is 22.3. The first-order valence-electron chi connectivity index (χ1n) is 13.2. The van der Waals surface area contributed by atoms with E-state index in [4.69, 9.17) is 11.2 Å². The molecule has 0 fully saturated rings. The molecule has 4 unspecified atom stereocenters. The molecule has 5 nitrogen and oxygen atoms in total. The van der Waals surface area contributed by atoms with E-state index in [1.807, 2.05) is 38.0 Å². The number of nitriles is 1. The van der Waals surface area contributed by atoms with Gasteiger partial charge in [0.05, 0.1) is 17.3 Å². The maximum atomic E-state index is 15.1. The normalized spacial score (nSPS) is 26.6. The second kappa shape index (κ2) is 16.1. The SMILES string of the molecule is C#CC(F)/C(OC/C1=C(\C#N)CC(CCC)NC[C@H]2CC=CC=CC2N1)=C(/F)C/C=C(\C)CC(C)CO. The summed E-state index contributed by atoms with van der Waals surface area (Å²) in [5.74, 6) is 0.889. The summed E-state index contributed by atoms with van der Waals surface area (Å²) in [6, 6.07) is 2.34. The quantitative estimate of drug-likeness (QED) is 0.192. The Morgan fingerprint density at radius 3 is 2.86 bits per heavy atom. The number of fused-ring (bicyclic) bond motifs is 1. The summed E-state index contributed by atoms with van der Waals surface area (Å²) in [5, 5.41) is 26.3. The Kier molecular flexibility index (Phi) is 13.2. The Bertz CT molecular complexity index is 984. The van der Waals surface area contributed by atoms with Gasteiger partial charge in [-0.2, -0.15) is 5.26 Å². The van der Waals surface area contributed by atoms with Gasteiger partial charge in [0.15, 0.2) is 5.76 Å². The van der Waals surface area contributed by atoms with Crippen molar-refractivity contribution < 1.29 is 18.6 Å². The van der Waals surface area contributed by atoms with Crippen LogP contribution in [0.1, 0.15) is 59.3 Å². The third-order valence-electron chi connectivity index (χ3n) is 6.74. The lowest BCUT2D eigenvalue weighted by Crippen LogP contribution is -2.41. The van der Waals surface area contributed by atoms with E-state index in [1.165, 1.54) is 0 Å². The summed E-state index contributed by atoms with van der Waals surface area (Å²) in [7, 11) is 0. The van der Waals surface area contributed by atoms with Crippen LogP contribution in [-0.2, 0) is 4.74 Å². The van der Waals surface area contributed by atoms with Crippen LogP contribution in [0.15, 0.2) is 58.8 Å². The molecule has 0 radical (unpaired) electrons. The Labute approximate surface area is 221 Å². The van der Waals surface area contributed by atoms with Gasteiger partial charge in [-0.25, -0.2) is 8.78 Å². The Morgan fingerprint density at radius 1 is 1.41 bits per heavy atom. The van der Waals surface area contributed by atoms with Crippen LogP contribution in [0.5, 0.6) is 0 Å². The average molecular weight is 514 g/mol. The number of alkyl halides is 1. The van der Waals surface area contributed by atoms with E-state index in [0.717, 1.165) is 31.4 Å². The van der Waals surface area contributed by atoms with Crippen LogP contribution in [0, 0.1) is 35.5 Å². The zero-order chi connectivity index (χ0) is 27.2. The standard InChI is InChI=1S/C30H41F2N3O2/c1-5-10-25-16-24(17-33)29(35-28-12-9-7-8-11-23(28)18-34-25)20-37-30(26(31)6-2)27(32)14-13-21(3)15-22(4)19-36/h2,7-9,12-13,22-23,25-26,28,34-36H,5,10-11,14-16,18-20H2,1,3-4H3/b21-13+,29-24+,30-27-/t22?,23-,25?,26?,28?/m1/s1. The fourth-order valence-electron chi connectivity index (χ4n) is 4.61. The van der Waals surface area contributed by atoms with E-state index in [0.29, 0.717) is 24.1 Å². The topological polar surface area (TPSA) is 77.3 Å². The van der Waals surface area contributed by atoms with Crippen LogP contribution in [0.3, 0.4) is 0 Å². The van der Waals surface area contributed by atoms with Gasteiger partial charge in [0.2, 0.25) is 6.17 Å². The minimum atomic E-state index is -2.04. The summed E-state index contributed by atoms with van der Waals surface area (Å²) in [6.45, 7) is 6.46. The van der Waals surface area contributed by atoms with E-state index in [1.54, 1.807) is 6.08 Å². The lowest BCUT2D eigenvalue weighted by Gasteiger charge is -2.27. The number of ether oxygens (including phenoxy) is 1. The van der Waals surface area contributed by atoms with Gasteiger partial charge in [-0.15, -0.1) is 6.42 Å². The maximum absolute atomic E-state index is 15.1. The van der Waals surface area contributed by atoms with Crippen LogP contribution >= 0.6 is 0 Å². The van der Waals surface area contributed by atoms with Crippen LogP contribution in [0.4, 0.5) is 8.78 Å². The fourth-order valence-corrected chi connectivity index (χ4v) is 4.61. The number of terminal acetylenes is 1. The van der Waals surface area contributed by atoms with Gasteiger partial charge in [-0.3, -0.25) is 0 Å². The number of allylic oxidation sites excluding steroid dienone is 7. The van der Waals surface area contributed by atoms with Crippen molar-refractivity contribution >= 4 is 0 Å². The van der Waals surface area contributed by atoms with E-state index >= 15 is 4.39 Å². The number of hydrogen-bond donors (Lipinski definition) is 3. The highest BCUT2D eigenvalue weighted by molar-refractivity contribution is 5.31. The molecule has 1 aliphatic heterocycles. The predicted octanol–water partition coefficient (Wildman–Crippen LogP) is 5.54. The van der Waals surface area contributed by atoms with Crippen molar-refractivity contribution in [3.05, 3.63) is 58.8 Å². The van der Waals surface area contributed by atoms with Crippen molar-refractivity contribution in [1.29, 1.82) is 5.26 Å². The summed E-state index contributed by atoms with van der Waals surface area (Å²) in [5.41, 5.74) is 1.91. The minimum absolute atomic E-state index is 0.0343. The van der Waals surface area contributed by atoms with E-state index in [9.17, 15) is 14.8 Å². The second-order valence-electron chi connectivity index (χ2n) is 9.98. The van der Waals surface area contributed by atoms with Gasteiger partial charge in [-0.1, -0.05) is 62.1 Å². The molecule has 0 spiro atoms. The molecule has 1 heterocycles. The summed E-state index contributed by atoms with van der Waals surface area (Å²) in [4.78, 5) is 0. The van der Waals surface area contributed by atoms with Crippen molar-refractivity contribution in [2.24, 2.45) is 11.8 Å². The first kappa shape index (κ1) is 30.4. The van der Waals surface area contributed by atoms with Gasteiger partial charge in [0, 0.05) is 31.7 Å². The van der Waals surface area contributed by atoms with Gasteiger partial charge >= 0.3 is 0 Å². The smallest absolute Gasteiger partial charge is 0.219 e. The zero-order valence-corrected chi connectivity index (χ0v) is 22.3. The molecule has 0 saturated carbocycles. The Hall–Kier alpha value is -2.87. The molecule has 1 aliphatic carbocycles. The fraction of sp³-hybridized carbons (Fsp3) is 0.567. The number of aliphatic hydroxyl groups excluding tert-OH is 1. The molecule has 0 amide bonds. The van der Waals surface area contributed by atoms with Gasteiger partial charge in [0.25, 0.3) is 0 Å². The van der Waals surface area contributed by atoms with Crippen LogP contribution in [0.25, 0.3) is 0 Å². The number of aliphatic hydroxyl groups is 1. The summed E-state index contributed by atoms with van der Waals surface area (Å²) in [6.07, 6.45) is 16.7.